The van der Waals surface area contributed by atoms with Gasteiger partial charge in [-0.15, -0.1) is 12.4 Å². The van der Waals surface area contributed by atoms with E-state index in [1.54, 1.807) is 16.7 Å². The number of hydroxylamine groups is 4. The van der Waals surface area contributed by atoms with E-state index in [2.05, 4.69) is 11.1 Å². The van der Waals surface area contributed by atoms with Crippen LogP contribution >= 0.6 is 12.4 Å². The molecule has 14 nitrogen and oxygen atoms in total. The lowest BCUT2D eigenvalue weighted by Gasteiger charge is -2.26. The van der Waals surface area contributed by atoms with Gasteiger partial charge in [-0.2, -0.15) is 10.1 Å². The summed E-state index contributed by atoms with van der Waals surface area (Å²) in [5, 5.41) is 28.7. The minimum absolute atomic E-state index is 0. The molecule has 0 unspecified atom stereocenters. The Morgan fingerprint density at radius 3 is 1.60 bits per heavy atom. The van der Waals surface area contributed by atoms with Gasteiger partial charge in [-0.25, -0.2) is 15.5 Å². The first-order chi connectivity index (χ1) is 21.5. The van der Waals surface area contributed by atoms with Crippen molar-refractivity contribution in [3.8, 4) is 0 Å². The highest BCUT2D eigenvalue weighted by Gasteiger charge is 2.46. The van der Waals surface area contributed by atoms with Gasteiger partial charge >= 0.3 is 12.1 Å². The molecule has 0 aromatic heterocycles. The van der Waals surface area contributed by atoms with Crippen molar-refractivity contribution in [1.82, 2.24) is 19.9 Å². The molecule has 5 N–H and O–H groups in total. The first-order valence-electron chi connectivity index (χ1n) is 14.5. The van der Waals surface area contributed by atoms with E-state index >= 15 is 0 Å². The Morgan fingerprint density at radius 2 is 1.20 bits per heavy atom. The molecule has 0 aliphatic carbocycles. The number of amides is 4. The SMILES string of the molecule is CCO.Cl.NO.O=C1N2C[C@@H](CC[C@H]2/C=N/O)N1OCc1ccccc1.O=C[C@@H]1CC[C@@H]2CN1C(=O)N2OCc1ccccc1. The number of oxime groups is 1. The van der Waals surface area contributed by atoms with E-state index in [1.807, 2.05) is 60.7 Å². The summed E-state index contributed by atoms with van der Waals surface area (Å²) in [7, 11) is 0. The molecule has 4 aliphatic heterocycles. The molecule has 6 rings (SSSR count). The molecule has 2 aromatic carbocycles. The van der Waals surface area contributed by atoms with Crippen molar-refractivity contribution >= 4 is 37.0 Å². The van der Waals surface area contributed by atoms with Gasteiger partial charge in [0.2, 0.25) is 0 Å². The number of nitrogens with zero attached hydrogens (tertiary/aromatic N) is 5. The van der Waals surface area contributed by atoms with Gasteiger partial charge in [0.25, 0.3) is 0 Å². The van der Waals surface area contributed by atoms with Gasteiger partial charge in [0.05, 0.1) is 30.4 Å². The van der Waals surface area contributed by atoms with Crippen LogP contribution in [0.3, 0.4) is 0 Å². The number of nitrogens with two attached hydrogens (primary N) is 1. The van der Waals surface area contributed by atoms with Gasteiger partial charge in [0.1, 0.15) is 19.5 Å². The Kier molecular flexibility index (Phi) is 16.3. The molecule has 4 atom stereocenters. The first kappa shape index (κ1) is 37.4. The molecule has 0 radical (unpaired) electrons. The summed E-state index contributed by atoms with van der Waals surface area (Å²) < 4.78 is 0. The third-order valence-corrected chi connectivity index (χ3v) is 7.56. The number of urea groups is 2. The predicted octanol–water partition coefficient (Wildman–Crippen LogP) is 3.19. The van der Waals surface area contributed by atoms with Crippen molar-refractivity contribution in [2.24, 2.45) is 11.1 Å². The molecule has 248 valence electrons. The number of fused-ring (bicyclic) bond motifs is 4. The highest BCUT2D eigenvalue weighted by atomic mass is 35.5. The number of rotatable bonds is 8. The van der Waals surface area contributed by atoms with Gasteiger partial charge in [-0.3, -0.25) is 9.68 Å². The number of halogens is 1. The molecular formula is C30H43ClN6O8. The molecule has 4 saturated heterocycles. The summed E-state index contributed by atoms with van der Waals surface area (Å²) in [5.41, 5.74) is 2.06. The van der Waals surface area contributed by atoms with E-state index in [-0.39, 0.29) is 55.2 Å². The van der Waals surface area contributed by atoms with Crippen molar-refractivity contribution in [3.05, 3.63) is 71.8 Å². The standard InChI is InChI=1S/C14H17N3O3.C14H16N2O3.C2H6O.ClH.H3NO/c18-14-16-9-13(7-6-12(16)8-15-19)17(14)20-10-11-4-2-1-3-5-11;17-9-13-7-6-12-8-15(13)14(18)16(12)19-10-11-4-2-1-3-5-11;1-2-3;;1-2/h1-5,8,12-13,19H,6-7,9-10H2;1-5,9,12-13H,6-8,10H2;3H,2H2,1H3;1H;2H,1H2/b15-8+;;;;/t2*12-,13+;;;/m01.../s1. The fraction of sp³-hybridized carbons (Fsp3) is 0.467. The molecule has 0 spiro atoms. The summed E-state index contributed by atoms with van der Waals surface area (Å²) in [4.78, 5) is 50.0. The minimum Gasteiger partial charge on any atom is -0.411 e. The maximum absolute atomic E-state index is 12.3. The van der Waals surface area contributed by atoms with Crippen LogP contribution in [0.5, 0.6) is 0 Å². The highest BCUT2D eigenvalue weighted by Crippen LogP contribution is 2.30. The van der Waals surface area contributed by atoms with Crippen molar-refractivity contribution in [3.63, 3.8) is 0 Å². The fourth-order valence-corrected chi connectivity index (χ4v) is 5.47. The highest BCUT2D eigenvalue weighted by molar-refractivity contribution is 5.85. The van der Waals surface area contributed by atoms with Crippen LogP contribution in [0.2, 0.25) is 0 Å². The number of piperidine rings is 2. The van der Waals surface area contributed by atoms with Crippen LogP contribution < -0.4 is 5.90 Å². The van der Waals surface area contributed by atoms with E-state index in [4.69, 9.17) is 25.2 Å². The van der Waals surface area contributed by atoms with Crippen molar-refractivity contribution < 1.29 is 39.6 Å². The zero-order valence-corrected chi connectivity index (χ0v) is 26.0. The molecule has 2 aromatic rings. The van der Waals surface area contributed by atoms with E-state index in [0.717, 1.165) is 43.1 Å². The minimum atomic E-state index is -0.283. The second-order valence-corrected chi connectivity index (χ2v) is 10.4. The number of aldehydes is 1. The van der Waals surface area contributed by atoms with Crippen LogP contribution in [0, 0.1) is 0 Å². The first-order valence-corrected chi connectivity index (χ1v) is 14.5. The average Bonchev–Trinajstić information content (AvgIpc) is 3.47. The summed E-state index contributed by atoms with van der Waals surface area (Å²) >= 11 is 0. The average molecular weight is 651 g/mol. The Balaban J connectivity index is 0.000000270. The second kappa shape index (κ2) is 19.6. The summed E-state index contributed by atoms with van der Waals surface area (Å²) in [6.07, 6.45) is 5.47. The zero-order chi connectivity index (χ0) is 31.9. The van der Waals surface area contributed by atoms with Gasteiger partial charge in [0.15, 0.2) is 0 Å². The van der Waals surface area contributed by atoms with E-state index in [9.17, 15) is 14.4 Å². The molecule has 4 bridgehead atoms. The third-order valence-electron chi connectivity index (χ3n) is 7.56. The van der Waals surface area contributed by atoms with Gasteiger partial charge < -0.3 is 30.1 Å². The van der Waals surface area contributed by atoms with E-state index < -0.39 is 0 Å². The van der Waals surface area contributed by atoms with Gasteiger partial charge in [0, 0.05) is 19.7 Å². The predicted molar refractivity (Wildman–Crippen MR) is 166 cm³/mol. The molecule has 15 heteroatoms. The molecule has 0 saturated carbocycles. The van der Waals surface area contributed by atoms with Crippen molar-refractivity contribution in [2.45, 2.75) is 70.0 Å². The second-order valence-electron chi connectivity index (χ2n) is 10.4. The van der Waals surface area contributed by atoms with E-state index in [1.165, 1.54) is 16.3 Å². The third kappa shape index (κ3) is 9.85. The van der Waals surface area contributed by atoms with Gasteiger partial charge in [-0.1, -0.05) is 65.8 Å². The van der Waals surface area contributed by atoms with Crippen LogP contribution in [0.15, 0.2) is 65.8 Å². The molecule has 4 heterocycles. The topological polar surface area (TPSA) is 182 Å². The van der Waals surface area contributed by atoms with Gasteiger partial charge in [-0.05, 0) is 43.7 Å². The number of carbonyl (C=O) groups is 3. The number of carbonyl (C=O) groups excluding carboxylic acids is 3. The number of benzene rings is 2. The van der Waals surface area contributed by atoms with E-state index in [0.29, 0.717) is 26.3 Å². The van der Waals surface area contributed by atoms with Crippen LogP contribution in [0.1, 0.15) is 43.7 Å². The van der Waals surface area contributed by atoms with Crippen LogP contribution in [0.4, 0.5) is 9.59 Å². The van der Waals surface area contributed by atoms with Crippen LogP contribution in [-0.2, 0) is 27.7 Å². The smallest absolute Gasteiger partial charge is 0.344 e. The molecule has 45 heavy (non-hydrogen) atoms. The Labute approximate surface area is 268 Å². The monoisotopic (exact) mass is 650 g/mol. The number of hydrogen-bond acceptors (Lipinski definition) is 10. The summed E-state index contributed by atoms with van der Waals surface area (Å²) in [6.45, 7) is 3.92. The molecule has 4 amide bonds. The van der Waals surface area contributed by atoms with Crippen LogP contribution in [0.25, 0.3) is 0 Å². The number of hydrogen-bond donors (Lipinski definition) is 4. The maximum atomic E-state index is 12.3. The van der Waals surface area contributed by atoms with Crippen LogP contribution in [-0.4, -0.2) is 104 Å². The largest absolute Gasteiger partial charge is 0.411 e. The zero-order valence-electron chi connectivity index (χ0n) is 25.2. The Bertz CT molecular complexity index is 1200. The number of aliphatic hydroxyl groups is 1. The lowest BCUT2D eigenvalue weighted by Crippen LogP contribution is -2.40. The Hall–Kier alpha value is -3.79. The summed E-state index contributed by atoms with van der Waals surface area (Å²) in [6, 6.07) is 18.9. The molecule has 4 aliphatic rings. The fourth-order valence-electron chi connectivity index (χ4n) is 5.47. The molecular weight excluding hydrogens is 608 g/mol. The van der Waals surface area contributed by atoms with Crippen molar-refractivity contribution in [1.29, 1.82) is 0 Å². The Morgan fingerprint density at radius 1 is 0.800 bits per heavy atom. The quantitative estimate of drug-likeness (QED) is 0.144. The lowest BCUT2D eigenvalue weighted by atomic mass is 10.0. The normalized spacial score (nSPS) is 22.8. The maximum Gasteiger partial charge on any atom is 0.344 e. The number of aliphatic hydroxyl groups excluding tert-OH is 1. The lowest BCUT2D eigenvalue weighted by molar-refractivity contribution is -0.140. The van der Waals surface area contributed by atoms with Crippen molar-refractivity contribution in [2.75, 3.05) is 19.7 Å². The molecule has 4 fully saturated rings. The summed E-state index contributed by atoms with van der Waals surface area (Å²) in [5.74, 6) is 3.50.